The molecule has 126 valence electrons. The van der Waals surface area contributed by atoms with Crippen LogP contribution in [0.5, 0.6) is 5.75 Å². The van der Waals surface area contributed by atoms with Crippen LogP contribution in [0.15, 0.2) is 35.3 Å². The quantitative estimate of drug-likeness (QED) is 0.907. The first-order chi connectivity index (χ1) is 11.6. The van der Waals surface area contributed by atoms with E-state index < -0.39 is 5.56 Å². The molecule has 0 aliphatic carbocycles. The highest BCUT2D eigenvalue weighted by molar-refractivity contribution is 6.33. The molecule has 0 radical (unpaired) electrons. The summed E-state index contributed by atoms with van der Waals surface area (Å²) in [6, 6.07) is 7.10. The Morgan fingerprint density at radius 3 is 2.75 bits per heavy atom. The molecule has 1 saturated heterocycles. The number of nitrogens with one attached hydrogen (secondary N) is 1. The van der Waals surface area contributed by atoms with Gasteiger partial charge in [0.15, 0.2) is 0 Å². The molecule has 1 fully saturated rings. The minimum Gasteiger partial charge on any atom is -0.497 e. The van der Waals surface area contributed by atoms with Crippen molar-refractivity contribution >= 4 is 23.2 Å². The van der Waals surface area contributed by atoms with Gasteiger partial charge >= 0.3 is 0 Å². The second-order valence-electron chi connectivity index (χ2n) is 5.41. The van der Waals surface area contributed by atoms with Gasteiger partial charge in [-0.3, -0.25) is 9.59 Å². The number of aromatic amines is 1. The summed E-state index contributed by atoms with van der Waals surface area (Å²) in [5.74, 6) is 0.615. The zero-order valence-corrected chi connectivity index (χ0v) is 13.9. The van der Waals surface area contributed by atoms with Crippen LogP contribution >= 0.6 is 11.6 Å². The molecule has 2 heterocycles. The molecule has 0 unspecified atom stereocenters. The number of hydrogen-bond donors (Lipinski definition) is 1. The molecule has 0 saturated carbocycles. The zero-order valence-electron chi connectivity index (χ0n) is 13.2. The first kappa shape index (κ1) is 16.3. The molecule has 1 aliphatic heterocycles. The Labute approximate surface area is 143 Å². The number of carbonyl (C=O) groups excluding carboxylic acids is 1. The van der Waals surface area contributed by atoms with Gasteiger partial charge in [-0.25, -0.2) is 5.10 Å². The highest BCUT2D eigenvalue weighted by Crippen LogP contribution is 2.22. The SMILES string of the molecule is COc1cccc(C(=O)N2CCN(c3cn[nH]c(=O)c3Cl)CC2)c1. The van der Waals surface area contributed by atoms with Crippen molar-refractivity contribution < 1.29 is 9.53 Å². The third kappa shape index (κ3) is 3.21. The molecule has 1 aromatic carbocycles. The minimum atomic E-state index is -0.413. The predicted octanol–water partition coefficient (Wildman–Crippen LogP) is 1.39. The van der Waals surface area contributed by atoms with Crippen molar-refractivity contribution in [2.75, 3.05) is 38.2 Å². The monoisotopic (exact) mass is 348 g/mol. The summed E-state index contributed by atoms with van der Waals surface area (Å²) in [7, 11) is 1.57. The van der Waals surface area contributed by atoms with Crippen molar-refractivity contribution in [1.29, 1.82) is 0 Å². The number of rotatable bonds is 3. The standard InChI is InChI=1S/C16H17ClN4O3/c1-24-12-4-2-3-11(9-12)16(23)21-7-5-20(6-8-21)13-10-18-19-15(22)14(13)17/h2-4,9-10H,5-8H2,1H3,(H,19,22). The molecule has 2 aromatic rings. The van der Waals surface area contributed by atoms with Crippen LogP contribution in [0.25, 0.3) is 0 Å². The number of H-pyrrole nitrogens is 1. The fraction of sp³-hybridized carbons (Fsp3) is 0.312. The summed E-state index contributed by atoms with van der Waals surface area (Å²) in [4.78, 5) is 27.9. The second kappa shape index (κ2) is 6.92. The number of aromatic nitrogens is 2. The topological polar surface area (TPSA) is 78.5 Å². The Hall–Kier alpha value is -2.54. The molecule has 0 spiro atoms. The van der Waals surface area contributed by atoms with E-state index in [1.165, 1.54) is 6.20 Å². The number of methoxy groups -OCH3 is 1. The average molecular weight is 349 g/mol. The number of ether oxygens (including phenoxy) is 1. The molecule has 1 N–H and O–H groups in total. The first-order valence-corrected chi connectivity index (χ1v) is 7.89. The zero-order chi connectivity index (χ0) is 17.1. The first-order valence-electron chi connectivity index (χ1n) is 7.51. The van der Waals surface area contributed by atoms with E-state index in [0.717, 1.165) is 0 Å². The molecular formula is C16H17ClN4O3. The van der Waals surface area contributed by atoms with Gasteiger partial charge in [0.25, 0.3) is 11.5 Å². The maximum absolute atomic E-state index is 12.6. The minimum absolute atomic E-state index is 0.0383. The van der Waals surface area contributed by atoms with Crippen LogP contribution in [0.2, 0.25) is 5.02 Å². The van der Waals surface area contributed by atoms with E-state index in [0.29, 0.717) is 43.2 Å². The highest BCUT2D eigenvalue weighted by Gasteiger charge is 2.24. The Bertz CT molecular complexity index is 800. The number of carbonyl (C=O) groups is 1. The highest BCUT2D eigenvalue weighted by atomic mass is 35.5. The number of piperazine rings is 1. The molecule has 1 aromatic heterocycles. The van der Waals surface area contributed by atoms with E-state index in [9.17, 15) is 9.59 Å². The van der Waals surface area contributed by atoms with Crippen molar-refractivity contribution in [1.82, 2.24) is 15.1 Å². The third-order valence-electron chi connectivity index (χ3n) is 4.00. The average Bonchev–Trinajstić information content (AvgIpc) is 2.63. The van der Waals surface area contributed by atoms with Gasteiger partial charge in [-0.2, -0.15) is 5.10 Å². The van der Waals surface area contributed by atoms with Crippen LogP contribution in [0.3, 0.4) is 0 Å². The maximum atomic E-state index is 12.6. The Kier molecular flexibility index (Phi) is 4.71. The number of hydrogen-bond acceptors (Lipinski definition) is 5. The molecule has 24 heavy (non-hydrogen) atoms. The number of nitrogens with zero attached hydrogens (tertiary/aromatic N) is 3. The number of benzene rings is 1. The van der Waals surface area contributed by atoms with Gasteiger partial charge in [-0.05, 0) is 18.2 Å². The van der Waals surface area contributed by atoms with Crippen molar-refractivity contribution in [3.8, 4) is 5.75 Å². The third-order valence-corrected chi connectivity index (χ3v) is 4.37. The Balaban J connectivity index is 1.69. The van der Waals surface area contributed by atoms with Gasteiger partial charge in [0.05, 0.1) is 19.0 Å². The van der Waals surface area contributed by atoms with E-state index >= 15 is 0 Å². The van der Waals surface area contributed by atoms with E-state index in [1.807, 2.05) is 4.90 Å². The molecule has 7 nitrogen and oxygen atoms in total. The van der Waals surface area contributed by atoms with Gasteiger partial charge in [-0.15, -0.1) is 0 Å². The van der Waals surface area contributed by atoms with Crippen molar-refractivity contribution in [2.24, 2.45) is 0 Å². The van der Waals surface area contributed by atoms with Crippen LogP contribution < -0.4 is 15.2 Å². The van der Waals surface area contributed by atoms with Gasteiger partial charge in [0, 0.05) is 31.7 Å². The predicted molar refractivity (Wildman–Crippen MR) is 91.0 cm³/mol. The smallest absolute Gasteiger partial charge is 0.285 e. The molecule has 0 atom stereocenters. The van der Waals surface area contributed by atoms with Crippen LogP contribution in [0.1, 0.15) is 10.4 Å². The summed E-state index contributed by atoms with van der Waals surface area (Å²) in [6.45, 7) is 2.25. The number of anilines is 1. The lowest BCUT2D eigenvalue weighted by atomic mass is 10.1. The normalized spacial score (nSPS) is 14.6. The van der Waals surface area contributed by atoms with Crippen molar-refractivity contribution in [3.05, 3.63) is 51.4 Å². The van der Waals surface area contributed by atoms with Crippen molar-refractivity contribution in [3.63, 3.8) is 0 Å². The van der Waals surface area contributed by atoms with Gasteiger partial charge in [-0.1, -0.05) is 17.7 Å². The van der Waals surface area contributed by atoms with Crippen molar-refractivity contribution in [2.45, 2.75) is 0 Å². The summed E-state index contributed by atoms with van der Waals surface area (Å²) < 4.78 is 5.16. The van der Waals surface area contributed by atoms with E-state index in [1.54, 1.807) is 36.3 Å². The fourth-order valence-electron chi connectivity index (χ4n) is 2.68. The molecule has 0 bridgehead atoms. The lowest BCUT2D eigenvalue weighted by Gasteiger charge is -2.36. The number of halogens is 1. The van der Waals surface area contributed by atoms with Gasteiger partial charge in [0.2, 0.25) is 0 Å². The lowest BCUT2D eigenvalue weighted by molar-refractivity contribution is 0.0746. The molecule has 8 heteroatoms. The fourth-order valence-corrected chi connectivity index (χ4v) is 2.89. The Morgan fingerprint density at radius 1 is 1.29 bits per heavy atom. The lowest BCUT2D eigenvalue weighted by Crippen LogP contribution is -2.49. The molecular weight excluding hydrogens is 332 g/mol. The maximum Gasteiger partial charge on any atom is 0.285 e. The van der Waals surface area contributed by atoms with Gasteiger partial charge < -0.3 is 14.5 Å². The van der Waals surface area contributed by atoms with E-state index in [4.69, 9.17) is 16.3 Å². The summed E-state index contributed by atoms with van der Waals surface area (Å²) in [5, 5.41) is 6.20. The van der Waals surface area contributed by atoms with Gasteiger partial charge in [0.1, 0.15) is 10.8 Å². The molecule has 1 aliphatic rings. The largest absolute Gasteiger partial charge is 0.497 e. The van der Waals surface area contributed by atoms with E-state index in [2.05, 4.69) is 10.2 Å². The summed E-state index contributed by atoms with van der Waals surface area (Å²) in [6.07, 6.45) is 1.53. The van der Waals surface area contributed by atoms with E-state index in [-0.39, 0.29) is 10.9 Å². The van der Waals surface area contributed by atoms with Crippen LogP contribution in [0, 0.1) is 0 Å². The summed E-state index contributed by atoms with van der Waals surface area (Å²) >= 11 is 6.03. The second-order valence-corrected chi connectivity index (χ2v) is 5.79. The van der Waals surface area contributed by atoms with Crippen LogP contribution in [0.4, 0.5) is 5.69 Å². The van der Waals surface area contributed by atoms with Crippen LogP contribution in [-0.4, -0.2) is 54.3 Å². The molecule has 3 rings (SSSR count). The Morgan fingerprint density at radius 2 is 2.04 bits per heavy atom. The summed E-state index contributed by atoms with van der Waals surface area (Å²) in [5.41, 5.74) is 0.775. The number of amides is 1. The van der Waals surface area contributed by atoms with Crippen LogP contribution in [-0.2, 0) is 0 Å². The molecule has 1 amide bonds.